The highest BCUT2D eigenvalue weighted by Crippen LogP contribution is 2.13. The zero-order chi connectivity index (χ0) is 19.6. The third-order valence-corrected chi connectivity index (χ3v) is 4.40. The lowest BCUT2D eigenvalue weighted by Gasteiger charge is -2.36. The first-order chi connectivity index (χ1) is 13.0. The van der Waals surface area contributed by atoms with Crippen molar-refractivity contribution in [2.75, 3.05) is 44.6 Å². The first kappa shape index (κ1) is 20.9. The highest BCUT2D eigenvalue weighted by Gasteiger charge is 2.35. The Morgan fingerprint density at radius 1 is 1.30 bits per heavy atom. The number of nitrogens with one attached hydrogen (secondary N) is 2. The van der Waals surface area contributed by atoms with E-state index < -0.39 is 6.04 Å². The molecule has 2 rings (SSSR count). The fourth-order valence-electron chi connectivity index (χ4n) is 3.13. The van der Waals surface area contributed by atoms with Crippen molar-refractivity contribution in [2.45, 2.75) is 25.8 Å². The summed E-state index contributed by atoms with van der Waals surface area (Å²) in [6, 6.07) is 8.16. The Kier molecular flexibility index (Phi) is 8.22. The van der Waals surface area contributed by atoms with Crippen LogP contribution >= 0.6 is 0 Å². The standard InChI is InChI=1S/C19H28N4O4/c1-2-9-22(11-12-24)14-18(26)23-10-8-20-19(27)16(23)13-17(25)21-15-6-4-3-5-7-15/h3-7,16,24H,2,8-14H2,1H3,(H,20,27)(H,21,25). The summed E-state index contributed by atoms with van der Waals surface area (Å²) in [6.45, 7) is 3.92. The van der Waals surface area contributed by atoms with E-state index in [-0.39, 0.29) is 37.3 Å². The smallest absolute Gasteiger partial charge is 0.243 e. The summed E-state index contributed by atoms with van der Waals surface area (Å²) in [5, 5.41) is 14.6. The van der Waals surface area contributed by atoms with Crippen LogP contribution in [0.2, 0.25) is 0 Å². The lowest BCUT2D eigenvalue weighted by atomic mass is 10.1. The number of piperazine rings is 1. The predicted octanol–water partition coefficient (Wildman–Crippen LogP) is 0.0465. The van der Waals surface area contributed by atoms with Gasteiger partial charge in [-0.15, -0.1) is 0 Å². The van der Waals surface area contributed by atoms with Crippen molar-refractivity contribution in [2.24, 2.45) is 0 Å². The van der Waals surface area contributed by atoms with E-state index in [0.29, 0.717) is 31.9 Å². The van der Waals surface area contributed by atoms with Crippen LogP contribution in [0.4, 0.5) is 5.69 Å². The van der Waals surface area contributed by atoms with Crippen molar-refractivity contribution in [3.63, 3.8) is 0 Å². The van der Waals surface area contributed by atoms with Crippen LogP contribution in [-0.2, 0) is 14.4 Å². The maximum Gasteiger partial charge on any atom is 0.243 e. The average Bonchev–Trinajstić information content (AvgIpc) is 2.64. The van der Waals surface area contributed by atoms with Crippen LogP contribution in [0.3, 0.4) is 0 Å². The van der Waals surface area contributed by atoms with Gasteiger partial charge < -0.3 is 20.6 Å². The van der Waals surface area contributed by atoms with Gasteiger partial charge in [0.15, 0.2) is 0 Å². The molecule has 3 N–H and O–H groups in total. The van der Waals surface area contributed by atoms with Crippen molar-refractivity contribution >= 4 is 23.4 Å². The summed E-state index contributed by atoms with van der Waals surface area (Å²) in [7, 11) is 0. The van der Waals surface area contributed by atoms with Gasteiger partial charge in [0.25, 0.3) is 0 Å². The van der Waals surface area contributed by atoms with Crippen LogP contribution in [0.25, 0.3) is 0 Å². The van der Waals surface area contributed by atoms with Gasteiger partial charge >= 0.3 is 0 Å². The van der Waals surface area contributed by atoms with E-state index in [4.69, 9.17) is 5.11 Å². The molecule has 8 nitrogen and oxygen atoms in total. The van der Waals surface area contributed by atoms with Gasteiger partial charge in [-0.05, 0) is 25.1 Å². The SMILES string of the molecule is CCCN(CCO)CC(=O)N1CCNC(=O)C1CC(=O)Nc1ccccc1. The summed E-state index contributed by atoms with van der Waals surface area (Å²) < 4.78 is 0. The zero-order valence-electron chi connectivity index (χ0n) is 15.7. The van der Waals surface area contributed by atoms with Crippen LogP contribution in [0.5, 0.6) is 0 Å². The molecule has 27 heavy (non-hydrogen) atoms. The Balaban J connectivity index is 2.01. The molecule has 0 saturated carbocycles. The van der Waals surface area contributed by atoms with Crippen LogP contribution in [-0.4, -0.2) is 78.0 Å². The normalized spacial score (nSPS) is 16.9. The molecule has 1 fully saturated rings. The van der Waals surface area contributed by atoms with Gasteiger partial charge in [0, 0.05) is 25.3 Å². The molecule has 1 heterocycles. The zero-order valence-corrected chi connectivity index (χ0v) is 15.7. The highest BCUT2D eigenvalue weighted by molar-refractivity contribution is 5.97. The molecule has 1 aromatic rings. The number of carbonyl (C=O) groups excluding carboxylic acids is 3. The van der Waals surface area contributed by atoms with E-state index in [0.717, 1.165) is 6.42 Å². The first-order valence-electron chi connectivity index (χ1n) is 9.30. The fraction of sp³-hybridized carbons (Fsp3) is 0.526. The molecule has 0 spiro atoms. The lowest BCUT2D eigenvalue weighted by molar-refractivity contribution is -0.145. The van der Waals surface area contributed by atoms with Crippen molar-refractivity contribution in [1.82, 2.24) is 15.1 Å². The molecule has 1 atom stereocenters. The van der Waals surface area contributed by atoms with Crippen molar-refractivity contribution in [3.8, 4) is 0 Å². The Hall–Kier alpha value is -2.45. The van der Waals surface area contributed by atoms with Gasteiger partial charge in [0.1, 0.15) is 6.04 Å². The van der Waals surface area contributed by atoms with Gasteiger partial charge in [-0.25, -0.2) is 0 Å². The summed E-state index contributed by atoms with van der Waals surface area (Å²) in [4.78, 5) is 40.7. The molecule has 3 amide bonds. The van der Waals surface area contributed by atoms with E-state index in [9.17, 15) is 14.4 Å². The molecule has 0 aromatic heterocycles. The Bertz CT molecular complexity index is 632. The summed E-state index contributed by atoms with van der Waals surface area (Å²) >= 11 is 0. The van der Waals surface area contributed by atoms with E-state index in [1.54, 1.807) is 12.1 Å². The van der Waals surface area contributed by atoms with Crippen LogP contribution in [0.15, 0.2) is 30.3 Å². The number of benzene rings is 1. The molecular weight excluding hydrogens is 348 g/mol. The molecule has 0 bridgehead atoms. The van der Waals surface area contributed by atoms with E-state index in [1.807, 2.05) is 30.0 Å². The molecule has 148 valence electrons. The highest BCUT2D eigenvalue weighted by atomic mass is 16.3. The summed E-state index contributed by atoms with van der Waals surface area (Å²) in [5.74, 6) is -0.840. The van der Waals surface area contributed by atoms with Crippen molar-refractivity contribution in [3.05, 3.63) is 30.3 Å². The topological polar surface area (TPSA) is 102 Å². The first-order valence-corrected chi connectivity index (χ1v) is 9.30. The average molecular weight is 376 g/mol. The van der Waals surface area contributed by atoms with Crippen LogP contribution in [0, 0.1) is 0 Å². The largest absolute Gasteiger partial charge is 0.395 e. The number of anilines is 1. The maximum absolute atomic E-state index is 12.7. The Morgan fingerprint density at radius 2 is 2.04 bits per heavy atom. The Morgan fingerprint density at radius 3 is 2.70 bits per heavy atom. The van der Waals surface area contributed by atoms with Gasteiger partial charge in [-0.3, -0.25) is 19.3 Å². The van der Waals surface area contributed by atoms with Gasteiger partial charge in [0.2, 0.25) is 17.7 Å². The summed E-state index contributed by atoms with van der Waals surface area (Å²) in [6.07, 6.45) is 0.761. The number of nitrogens with zero attached hydrogens (tertiary/aromatic N) is 2. The third kappa shape index (κ3) is 6.33. The second-order valence-electron chi connectivity index (χ2n) is 6.51. The molecule has 0 aliphatic carbocycles. The molecule has 1 saturated heterocycles. The molecule has 0 radical (unpaired) electrons. The van der Waals surface area contributed by atoms with Gasteiger partial charge in [0.05, 0.1) is 19.6 Å². The number of hydrogen-bond acceptors (Lipinski definition) is 5. The minimum absolute atomic E-state index is 0.0311. The van der Waals surface area contributed by atoms with Crippen LogP contribution < -0.4 is 10.6 Å². The maximum atomic E-state index is 12.7. The molecule has 8 heteroatoms. The van der Waals surface area contributed by atoms with E-state index in [2.05, 4.69) is 10.6 Å². The van der Waals surface area contributed by atoms with Gasteiger partial charge in [-0.1, -0.05) is 25.1 Å². The second-order valence-corrected chi connectivity index (χ2v) is 6.51. The van der Waals surface area contributed by atoms with Crippen molar-refractivity contribution in [1.29, 1.82) is 0 Å². The number of hydrogen-bond donors (Lipinski definition) is 3. The minimum Gasteiger partial charge on any atom is -0.395 e. The van der Waals surface area contributed by atoms with E-state index in [1.165, 1.54) is 4.90 Å². The van der Waals surface area contributed by atoms with Crippen molar-refractivity contribution < 1.29 is 19.5 Å². The number of amides is 3. The number of rotatable bonds is 9. The second kappa shape index (κ2) is 10.6. The lowest BCUT2D eigenvalue weighted by Crippen LogP contribution is -2.59. The molecule has 1 aliphatic rings. The minimum atomic E-state index is -0.826. The molecule has 1 aromatic carbocycles. The molecule has 1 aliphatic heterocycles. The molecular formula is C19H28N4O4. The number of aliphatic hydroxyl groups excluding tert-OH is 1. The van der Waals surface area contributed by atoms with Crippen LogP contribution in [0.1, 0.15) is 19.8 Å². The number of para-hydroxylation sites is 1. The monoisotopic (exact) mass is 376 g/mol. The number of carbonyl (C=O) groups is 3. The Labute approximate surface area is 159 Å². The van der Waals surface area contributed by atoms with E-state index >= 15 is 0 Å². The third-order valence-electron chi connectivity index (χ3n) is 4.40. The quantitative estimate of drug-likeness (QED) is 0.565. The number of aliphatic hydroxyl groups is 1. The fourth-order valence-corrected chi connectivity index (χ4v) is 3.13. The van der Waals surface area contributed by atoms with Gasteiger partial charge in [-0.2, -0.15) is 0 Å². The summed E-state index contributed by atoms with van der Waals surface area (Å²) in [5.41, 5.74) is 0.647. The molecule has 1 unspecified atom stereocenters. The predicted molar refractivity (Wildman–Crippen MR) is 102 cm³/mol.